The van der Waals surface area contributed by atoms with Crippen molar-refractivity contribution in [3.05, 3.63) is 9.81 Å². The summed E-state index contributed by atoms with van der Waals surface area (Å²) >= 11 is 3.54. The molecule has 0 aromatic carbocycles. The van der Waals surface area contributed by atoms with Gasteiger partial charge in [-0.3, -0.25) is 0 Å². The van der Waals surface area contributed by atoms with Crippen molar-refractivity contribution in [2.45, 2.75) is 20.3 Å². The van der Waals surface area contributed by atoms with Crippen LogP contribution < -0.4 is 0 Å². The minimum Gasteiger partial charge on any atom is -0.122 e. The van der Waals surface area contributed by atoms with Gasteiger partial charge < -0.3 is 0 Å². The zero-order chi connectivity index (χ0) is 8.69. The van der Waals surface area contributed by atoms with Crippen molar-refractivity contribution >= 4 is 23.5 Å². The Labute approximate surface area is 78.2 Å². The highest BCUT2D eigenvalue weighted by Crippen LogP contribution is 2.26. The fourth-order valence-corrected chi connectivity index (χ4v) is 2.04. The molecular weight excluding hydrogens is 172 g/mol. The Kier molecular flexibility index (Phi) is 6.69. The van der Waals surface area contributed by atoms with Gasteiger partial charge in [-0.05, 0) is 19.4 Å². The van der Waals surface area contributed by atoms with E-state index in [9.17, 15) is 0 Å². The molecule has 0 saturated carbocycles. The molecule has 0 radical (unpaired) electrons. The Morgan fingerprint density at radius 2 is 1.82 bits per heavy atom. The summed E-state index contributed by atoms with van der Waals surface area (Å²) < 4.78 is 1.32. The topological polar surface area (TPSA) is 0 Å². The Morgan fingerprint density at radius 1 is 1.27 bits per heavy atom. The third-order valence-corrected chi connectivity index (χ3v) is 3.48. The van der Waals surface area contributed by atoms with E-state index < -0.39 is 0 Å². The minimum atomic E-state index is 0.938. The van der Waals surface area contributed by atoms with Gasteiger partial charge >= 0.3 is 0 Å². The average molecular weight is 186 g/mol. The van der Waals surface area contributed by atoms with Gasteiger partial charge in [0.05, 0.1) is 4.24 Å². The van der Waals surface area contributed by atoms with Gasteiger partial charge in [0.2, 0.25) is 0 Å². The van der Waals surface area contributed by atoms with Crippen LogP contribution in [0.5, 0.6) is 0 Å². The van der Waals surface area contributed by atoms with E-state index in [-0.39, 0.29) is 0 Å². The Hall–Kier alpha value is -0.000000000000000111. The summed E-state index contributed by atoms with van der Waals surface area (Å²) in [6.07, 6.45) is 5.11. The lowest BCUT2D eigenvalue weighted by Gasteiger charge is -1.99. The summed E-state index contributed by atoms with van der Waals surface area (Å²) in [5, 5.41) is 0. The second kappa shape index (κ2) is 6.69. The van der Waals surface area contributed by atoms with E-state index in [0.29, 0.717) is 0 Å². The van der Waals surface area contributed by atoms with Crippen LogP contribution >= 0.6 is 23.5 Å². The molecule has 0 nitrogen and oxygen atoms in total. The first-order valence-corrected chi connectivity index (χ1v) is 5.98. The average Bonchev–Trinajstić information content (AvgIpc) is 2.03. The molecule has 0 aromatic rings. The molecular formula is C9H14S2. The van der Waals surface area contributed by atoms with Gasteiger partial charge in [-0.2, -0.15) is 0 Å². The van der Waals surface area contributed by atoms with Gasteiger partial charge in [-0.25, -0.2) is 0 Å². The fourth-order valence-electron chi connectivity index (χ4n) is 0.662. The van der Waals surface area contributed by atoms with Gasteiger partial charge in [0, 0.05) is 12.0 Å². The molecule has 0 heterocycles. The quantitative estimate of drug-likeness (QED) is 0.607. The van der Waals surface area contributed by atoms with Crippen LogP contribution in [-0.2, 0) is 0 Å². The summed E-state index contributed by atoms with van der Waals surface area (Å²) in [5.74, 6) is 6.18. The number of rotatable bonds is 2. The van der Waals surface area contributed by atoms with Gasteiger partial charge in [0.25, 0.3) is 0 Å². The molecule has 2 heteroatoms. The van der Waals surface area contributed by atoms with Gasteiger partial charge in [-0.15, -0.1) is 23.5 Å². The molecule has 0 N–H and O–H groups in total. The van der Waals surface area contributed by atoms with Crippen molar-refractivity contribution in [2.24, 2.45) is 0 Å². The molecule has 0 fully saturated rings. The number of hydrogen-bond acceptors (Lipinski definition) is 2. The third kappa shape index (κ3) is 4.44. The van der Waals surface area contributed by atoms with E-state index in [2.05, 4.69) is 38.2 Å². The molecule has 0 atom stereocenters. The van der Waals surface area contributed by atoms with Crippen molar-refractivity contribution < 1.29 is 0 Å². The molecule has 0 aliphatic rings. The van der Waals surface area contributed by atoms with Crippen LogP contribution in [0.3, 0.4) is 0 Å². The SMILES string of the molecule is CCC#CC(C)=C(SC)SC. The van der Waals surface area contributed by atoms with Crippen LogP contribution in [0.1, 0.15) is 20.3 Å². The van der Waals surface area contributed by atoms with E-state index in [1.165, 1.54) is 9.81 Å². The predicted octanol–water partition coefficient (Wildman–Crippen LogP) is 3.36. The highest BCUT2D eigenvalue weighted by molar-refractivity contribution is 8.21. The van der Waals surface area contributed by atoms with Crippen molar-refractivity contribution in [2.75, 3.05) is 12.5 Å². The lowest BCUT2D eigenvalue weighted by molar-refractivity contribution is 1.28. The third-order valence-electron chi connectivity index (χ3n) is 1.13. The summed E-state index contributed by atoms with van der Waals surface area (Å²) in [6, 6.07) is 0. The van der Waals surface area contributed by atoms with Crippen molar-refractivity contribution in [3.63, 3.8) is 0 Å². The first kappa shape index (κ1) is 11.0. The second-order valence-electron chi connectivity index (χ2n) is 1.98. The first-order chi connectivity index (χ1) is 5.26. The molecule has 0 aromatic heterocycles. The van der Waals surface area contributed by atoms with E-state index in [4.69, 9.17) is 0 Å². The zero-order valence-electron chi connectivity index (χ0n) is 7.52. The van der Waals surface area contributed by atoms with Crippen molar-refractivity contribution in [3.8, 4) is 11.8 Å². The molecule has 62 valence electrons. The number of thioether (sulfide) groups is 2. The minimum absolute atomic E-state index is 0.938. The van der Waals surface area contributed by atoms with Crippen LogP contribution in [0.2, 0.25) is 0 Å². The Balaban J connectivity index is 4.35. The zero-order valence-corrected chi connectivity index (χ0v) is 9.16. The molecule has 0 spiro atoms. The Bertz CT molecular complexity index is 187. The maximum absolute atomic E-state index is 3.12. The van der Waals surface area contributed by atoms with Gasteiger partial charge in [0.15, 0.2) is 0 Å². The maximum atomic E-state index is 3.12. The summed E-state index contributed by atoms with van der Waals surface area (Å²) in [4.78, 5) is 0. The van der Waals surface area contributed by atoms with Gasteiger partial charge in [-0.1, -0.05) is 18.8 Å². The largest absolute Gasteiger partial charge is 0.122 e. The lowest BCUT2D eigenvalue weighted by Crippen LogP contribution is -1.74. The van der Waals surface area contributed by atoms with Crippen LogP contribution in [-0.4, -0.2) is 12.5 Å². The molecule has 0 amide bonds. The molecule has 11 heavy (non-hydrogen) atoms. The summed E-state index contributed by atoms with van der Waals surface area (Å²) in [7, 11) is 0. The highest BCUT2D eigenvalue weighted by Gasteiger charge is 1.94. The molecule has 0 bridgehead atoms. The van der Waals surface area contributed by atoms with Crippen LogP contribution in [0, 0.1) is 11.8 Å². The monoisotopic (exact) mass is 186 g/mol. The lowest BCUT2D eigenvalue weighted by atomic mass is 10.3. The normalized spacial score (nSPS) is 8.36. The standard InChI is InChI=1S/C9H14S2/c1-5-6-7-8(2)9(10-3)11-4/h5H2,1-4H3. The van der Waals surface area contributed by atoms with Crippen LogP contribution in [0.15, 0.2) is 9.81 Å². The molecule has 0 saturated heterocycles. The summed E-state index contributed by atoms with van der Waals surface area (Å²) in [5.41, 5.74) is 1.20. The molecule has 0 unspecified atom stereocenters. The van der Waals surface area contributed by atoms with E-state index >= 15 is 0 Å². The van der Waals surface area contributed by atoms with E-state index in [1.54, 1.807) is 23.5 Å². The van der Waals surface area contributed by atoms with E-state index in [0.717, 1.165) is 6.42 Å². The highest BCUT2D eigenvalue weighted by atomic mass is 32.2. The molecule has 0 rings (SSSR count). The predicted molar refractivity (Wildman–Crippen MR) is 57.8 cm³/mol. The fraction of sp³-hybridized carbons (Fsp3) is 0.556. The maximum Gasteiger partial charge on any atom is 0.0509 e. The smallest absolute Gasteiger partial charge is 0.0509 e. The van der Waals surface area contributed by atoms with Gasteiger partial charge in [0.1, 0.15) is 0 Å². The van der Waals surface area contributed by atoms with Crippen LogP contribution in [0.4, 0.5) is 0 Å². The Morgan fingerprint density at radius 3 is 2.18 bits per heavy atom. The van der Waals surface area contributed by atoms with Crippen molar-refractivity contribution in [1.82, 2.24) is 0 Å². The first-order valence-electron chi connectivity index (χ1n) is 3.54. The molecule has 0 aliphatic carbocycles. The van der Waals surface area contributed by atoms with E-state index in [1.807, 2.05) is 0 Å². The van der Waals surface area contributed by atoms with Crippen LogP contribution in [0.25, 0.3) is 0 Å². The molecule has 0 aliphatic heterocycles. The second-order valence-corrected chi connectivity index (χ2v) is 3.87. The summed E-state index contributed by atoms with van der Waals surface area (Å²) in [6.45, 7) is 4.14. The number of hydrogen-bond donors (Lipinski definition) is 0. The van der Waals surface area contributed by atoms with Crippen molar-refractivity contribution in [1.29, 1.82) is 0 Å². The number of allylic oxidation sites excluding steroid dienone is 1.